The van der Waals surface area contributed by atoms with E-state index in [1.807, 2.05) is 64.2 Å². The van der Waals surface area contributed by atoms with E-state index in [1.54, 1.807) is 0 Å². The van der Waals surface area contributed by atoms with Gasteiger partial charge in [-0.1, -0.05) is 26.7 Å². The Labute approximate surface area is 165 Å². The fraction of sp³-hybridized carbons (Fsp3) is 0.364. The van der Waals surface area contributed by atoms with Gasteiger partial charge in [0.2, 0.25) is 0 Å². The van der Waals surface area contributed by atoms with E-state index < -0.39 is 0 Å². The summed E-state index contributed by atoms with van der Waals surface area (Å²) < 4.78 is 0. The molecule has 0 heterocycles. The summed E-state index contributed by atoms with van der Waals surface area (Å²) >= 11 is 0. The average Bonchev–Trinajstić information content (AvgIpc) is 3.32. The van der Waals surface area contributed by atoms with Crippen LogP contribution in [0, 0.1) is 76.4 Å². The molecule has 0 nitrogen and oxygen atoms in total. The van der Waals surface area contributed by atoms with Gasteiger partial charge in [-0.15, -0.1) is 25.7 Å². The molecule has 0 saturated heterocycles. The van der Waals surface area contributed by atoms with Crippen LogP contribution in [0.4, 0.5) is 0 Å². The van der Waals surface area contributed by atoms with Crippen molar-refractivity contribution in [3.05, 3.63) is 87.5 Å². The van der Waals surface area contributed by atoms with Gasteiger partial charge < -0.3 is 23.3 Å². The molecule has 3 aliphatic rings. The Morgan fingerprint density at radius 3 is 1.65 bits per heavy atom. The van der Waals surface area contributed by atoms with Crippen molar-refractivity contribution in [2.24, 2.45) is 0 Å². The van der Waals surface area contributed by atoms with Gasteiger partial charge in [-0.3, -0.25) is 0 Å². The molecule has 0 bridgehead atoms. The number of hydrogen-bond acceptors (Lipinski definition) is 0. The minimum absolute atomic E-state index is 0. The standard InChI is InChI=1S/C12H18.2C5H5.Zr/c1-3-8-11(4-2)12-9-6-5-7-10-12;2*1-2-4-5-3-1;/h3-7,9H2,1-2H3;2*1-5H;/q-2;;;+2. The molecule has 10 radical (unpaired) electrons. The van der Waals surface area contributed by atoms with E-state index >= 15 is 0 Å². The van der Waals surface area contributed by atoms with Crippen LogP contribution >= 0.6 is 0 Å². The van der Waals surface area contributed by atoms with Crippen LogP contribution in [-0.2, 0) is 26.2 Å². The first-order valence-corrected chi connectivity index (χ1v) is 8.41. The fourth-order valence-corrected chi connectivity index (χ4v) is 2.31. The van der Waals surface area contributed by atoms with Crippen LogP contribution < -0.4 is 0 Å². The Kier molecular flexibility index (Phi) is 17.5. The Balaban J connectivity index is 0.000000362. The first-order valence-electron chi connectivity index (χ1n) is 8.41. The van der Waals surface area contributed by atoms with E-state index in [2.05, 4.69) is 26.0 Å². The first kappa shape index (κ1) is 23.4. The van der Waals surface area contributed by atoms with Crippen LogP contribution in [0.15, 0.2) is 11.1 Å². The van der Waals surface area contributed by atoms with Crippen LogP contribution in [0.2, 0.25) is 0 Å². The second-order valence-electron chi connectivity index (χ2n) is 5.15. The van der Waals surface area contributed by atoms with Gasteiger partial charge in [0.1, 0.15) is 0 Å². The zero-order valence-electron chi connectivity index (χ0n) is 14.5. The predicted molar refractivity (Wildman–Crippen MR) is 95.6 cm³/mol. The van der Waals surface area contributed by atoms with Crippen molar-refractivity contribution < 1.29 is 26.2 Å². The third kappa shape index (κ3) is 12.4. The summed E-state index contributed by atoms with van der Waals surface area (Å²) in [5.74, 6) is 0. The molecule has 23 heavy (non-hydrogen) atoms. The Morgan fingerprint density at radius 2 is 1.35 bits per heavy atom. The largest absolute Gasteiger partial charge is 2.00 e. The molecule has 0 spiro atoms. The minimum Gasteiger partial charge on any atom is -0.373 e. The SMILES string of the molecule is CC[C-]=C(CC)C1=[C-]CCCC1.[CH]1[CH][CH][CH][CH]1.[CH]1[CH][CH][CH][CH]1.[Zr+2]. The monoisotopic (exact) mass is 382 g/mol. The molecule has 120 valence electrons. The molecule has 0 atom stereocenters. The summed E-state index contributed by atoms with van der Waals surface area (Å²) in [4.78, 5) is 0. The van der Waals surface area contributed by atoms with E-state index in [-0.39, 0.29) is 26.2 Å². The average molecular weight is 384 g/mol. The molecule has 1 heteroatoms. The molecule has 0 unspecified atom stereocenters. The Bertz CT molecular complexity index is 275. The van der Waals surface area contributed by atoms with Gasteiger partial charge in [0.25, 0.3) is 0 Å². The van der Waals surface area contributed by atoms with Crippen molar-refractivity contribution in [2.45, 2.75) is 52.4 Å². The van der Waals surface area contributed by atoms with Gasteiger partial charge in [-0.05, 0) is 64.2 Å². The Morgan fingerprint density at radius 1 is 0.870 bits per heavy atom. The molecule has 2 saturated carbocycles. The molecule has 2 fully saturated rings. The van der Waals surface area contributed by atoms with E-state index in [0.29, 0.717) is 0 Å². The van der Waals surface area contributed by atoms with Gasteiger partial charge in [0.15, 0.2) is 0 Å². The van der Waals surface area contributed by atoms with E-state index in [9.17, 15) is 0 Å². The first-order chi connectivity index (χ1) is 10.9. The van der Waals surface area contributed by atoms with E-state index in [0.717, 1.165) is 19.3 Å². The molecule has 0 aromatic carbocycles. The van der Waals surface area contributed by atoms with Gasteiger partial charge in [-0.25, -0.2) is 0 Å². The summed E-state index contributed by atoms with van der Waals surface area (Å²) in [6.45, 7) is 4.36. The second kappa shape index (κ2) is 17.2. The van der Waals surface area contributed by atoms with Crippen LogP contribution in [0.3, 0.4) is 0 Å². The molecular weight excluding hydrogens is 355 g/mol. The zero-order chi connectivity index (χ0) is 15.9. The number of allylic oxidation sites excluding steroid dienone is 4. The molecule has 3 aliphatic carbocycles. The molecule has 0 aromatic rings. The third-order valence-electron chi connectivity index (χ3n) is 3.41. The summed E-state index contributed by atoms with van der Waals surface area (Å²) in [5.41, 5.74) is 2.86. The zero-order valence-corrected chi connectivity index (χ0v) is 17.0. The fourth-order valence-electron chi connectivity index (χ4n) is 2.31. The maximum atomic E-state index is 3.47. The smallest absolute Gasteiger partial charge is 0.373 e. The van der Waals surface area contributed by atoms with E-state index in [4.69, 9.17) is 0 Å². The van der Waals surface area contributed by atoms with E-state index in [1.165, 1.54) is 30.4 Å². The molecule has 0 amide bonds. The van der Waals surface area contributed by atoms with Gasteiger partial charge in [0.05, 0.1) is 0 Å². The van der Waals surface area contributed by atoms with Crippen molar-refractivity contribution >= 4 is 0 Å². The Hall–Kier alpha value is 0.363. The van der Waals surface area contributed by atoms with Crippen LogP contribution in [-0.4, -0.2) is 0 Å². The van der Waals surface area contributed by atoms with Crippen molar-refractivity contribution in [2.75, 3.05) is 0 Å². The van der Waals surface area contributed by atoms with Gasteiger partial charge in [-0.2, -0.15) is 0 Å². The molecule has 3 rings (SSSR count). The molecule has 0 aliphatic heterocycles. The van der Waals surface area contributed by atoms with Crippen molar-refractivity contribution in [3.63, 3.8) is 0 Å². The maximum Gasteiger partial charge on any atom is 2.00 e. The maximum absolute atomic E-state index is 3.47. The third-order valence-corrected chi connectivity index (χ3v) is 3.41. The van der Waals surface area contributed by atoms with Crippen LogP contribution in [0.5, 0.6) is 0 Å². The number of hydrogen-bond donors (Lipinski definition) is 0. The molecule has 0 N–H and O–H groups in total. The quantitative estimate of drug-likeness (QED) is 0.534. The summed E-state index contributed by atoms with van der Waals surface area (Å²) in [6, 6.07) is 0. The molecule has 0 aromatic heterocycles. The van der Waals surface area contributed by atoms with Crippen LogP contribution in [0.1, 0.15) is 52.4 Å². The predicted octanol–water partition coefficient (Wildman–Crippen LogP) is 5.88. The van der Waals surface area contributed by atoms with Gasteiger partial charge >= 0.3 is 26.2 Å². The number of rotatable bonds is 3. The van der Waals surface area contributed by atoms with Crippen molar-refractivity contribution in [3.8, 4) is 0 Å². The molecular formula is C22H28Zr. The van der Waals surface area contributed by atoms with Crippen molar-refractivity contribution in [1.29, 1.82) is 0 Å². The van der Waals surface area contributed by atoms with Crippen molar-refractivity contribution in [1.82, 2.24) is 0 Å². The minimum atomic E-state index is 0. The summed E-state index contributed by atoms with van der Waals surface area (Å²) in [5, 5.41) is 0. The van der Waals surface area contributed by atoms with Crippen LogP contribution in [0.25, 0.3) is 0 Å². The topological polar surface area (TPSA) is 0 Å². The normalized spacial score (nSPS) is 20.4. The summed E-state index contributed by atoms with van der Waals surface area (Å²) in [6.07, 6.45) is 34.1. The van der Waals surface area contributed by atoms with Gasteiger partial charge in [0, 0.05) is 0 Å². The second-order valence-corrected chi connectivity index (χ2v) is 5.15. The summed E-state index contributed by atoms with van der Waals surface area (Å²) in [7, 11) is 0.